The number of aromatic nitrogens is 1. The van der Waals surface area contributed by atoms with Gasteiger partial charge in [-0.25, -0.2) is 4.98 Å². The van der Waals surface area contributed by atoms with Crippen molar-refractivity contribution in [2.24, 2.45) is 0 Å². The van der Waals surface area contributed by atoms with Gasteiger partial charge in [-0.3, -0.25) is 0 Å². The zero-order valence-electron chi connectivity index (χ0n) is 3.92. The molecule has 0 aromatic carbocycles. The zero-order valence-corrected chi connectivity index (χ0v) is 4.74. The summed E-state index contributed by atoms with van der Waals surface area (Å²) in [6, 6.07) is 0. The third kappa shape index (κ3) is 0.996. The van der Waals surface area contributed by atoms with E-state index in [-0.39, 0.29) is 0 Å². The second kappa shape index (κ2) is 2.07. The molecule has 37 valence electrons. The first kappa shape index (κ1) is 4.78. The minimum absolute atomic E-state index is 0.817. The predicted octanol–water partition coefficient (Wildman–Crippen LogP) is 1.52. The maximum atomic E-state index is 3.99. The summed E-state index contributed by atoms with van der Waals surface area (Å²) in [5.41, 5.74) is 0. The Morgan fingerprint density at radius 2 is 2.71 bits per heavy atom. The van der Waals surface area contributed by atoms with Gasteiger partial charge in [0.1, 0.15) is 0 Å². The first-order valence-electron chi connectivity index (χ1n) is 2.11. The Labute approximate surface area is 47.0 Å². The van der Waals surface area contributed by atoms with Crippen molar-refractivity contribution in [3.63, 3.8) is 0 Å². The van der Waals surface area contributed by atoms with Crippen molar-refractivity contribution < 1.29 is 0 Å². The Balaban J connectivity index is 2.76. The molecule has 2 heteroatoms. The largest absolute Gasteiger partial charge is 0.250 e. The smallest absolute Gasteiger partial charge is 0.0924 e. The summed E-state index contributed by atoms with van der Waals surface area (Å²) in [6.07, 6.45) is 2.61. The Hall–Kier alpha value is -0.370. The van der Waals surface area contributed by atoms with Crippen molar-refractivity contribution in [1.29, 1.82) is 0 Å². The van der Waals surface area contributed by atoms with Crippen molar-refractivity contribution >= 4 is 11.3 Å². The topological polar surface area (TPSA) is 12.9 Å². The van der Waals surface area contributed by atoms with E-state index >= 15 is 0 Å². The van der Waals surface area contributed by atoms with Crippen LogP contribution in [-0.4, -0.2) is 4.98 Å². The lowest BCUT2D eigenvalue weighted by atomic mass is 10.5. The lowest BCUT2D eigenvalue weighted by Crippen LogP contribution is -1.71. The van der Waals surface area contributed by atoms with Crippen LogP contribution in [0.3, 0.4) is 0 Å². The van der Waals surface area contributed by atoms with E-state index < -0.39 is 0 Å². The van der Waals surface area contributed by atoms with Gasteiger partial charge in [-0.2, -0.15) is 0 Å². The van der Waals surface area contributed by atoms with E-state index in [1.807, 2.05) is 5.38 Å². The van der Waals surface area contributed by atoms with E-state index in [0.717, 1.165) is 11.4 Å². The minimum atomic E-state index is 0.817. The molecule has 0 saturated heterocycles. The fraction of sp³-hybridized carbons (Fsp3) is 0.200. The van der Waals surface area contributed by atoms with Crippen molar-refractivity contribution in [2.45, 2.75) is 6.42 Å². The Kier molecular flexibility index (Phi) is 1.42. The third-order valence-corrected chi connectivity index (χ3v) is 1.54. The summed E-state index contributed by atoms with van der Waals surface area (Å²) >= 11 is 1.65. The normalized spacial score (nSPS) is 9.29. The van der Waals surface area contributed by atoms with Crippen LogP contribution in [0.5, 0.6) is 0 Å². The third-order valence-electron chi connectivity index (χ3n) is 0.697. The van der Waals surface area contributed by atoms with Gasteiger partial charge in [0.2, 0.25) is 0 Å². The quantitative estimate of drug-likeness (QED) is 0.536. The van der Waals surface area contributed by atoms with Gasteiger partial charge in [0.15, 0.2) is 0 Å². The molecule has 1 radical (unpaired) electrons. The van der Waals surface area contributed by atoms with Crippen LogP contribution in [0.25, 0.3) is 0 Å². The van der Waals surface area contributed by atoms with Crippen molar-refractivity contribution in [1.82, 2.24) is 4.98 Å². The van der Waals surface area contributed by atoms with Gasteiger partial charge >= 0.3 is 0 Å². The van der Waals surface area contributed by atoms with Crippen LogP contribution in [0, 0.1) is 6.92 Å². The molecule has 7 heavy (non-hydrogen) atoms. The molecular weight excluding hydrogens is 106 g/mol. The standard InChI is InChI=1S/C5H6NS/c1-2-5-6-3-4-7-5/h3-4H,1-2H2. The second-order valence-electron chi connectivity index (χ2n) is 1.18. The molecule has 0 aliphatic rings. The summed E-state index contributed by atoms with van der Waals surface area (Å²) in [5, 5.41) is 3.07. The van der Waals surface area contributed by atoms with Crippen molar-refractivity contribution in [2.75, 3.05) is 0 Å². The Morgan fingerprint density at radius 3 is 3.00 bits per heavy atom. The number of nitrogens with zero attached hydrogens (tertiary/aromatic N) is 1. The lowest BCUT2D eigenvalue weighted by molar-refractivity contribution is 1.19. The van der Waals surface area contributed by atoms with E-state index in [9.17, 15) is 0 Å². The molecule has 0 atom stereocenters. The molecule has 1 nitrogen and oxygen atoms in total. The van der Waals surface area contributed by atoms with Gasteiger partial charge in [-0.15, -0.1) is 11.3 Å². The van der Waals surface area contributed by atoms with Crippen LogP contribution in [-0.2, 0) is 6.42 Å². The molecule has 0 N–H and O–H groups in total. The van der Waals surface area contributed by atoms with E-state index in [4.69, 9.17) is 0 Å². The van der Waals surface area contributed by atoms with Gasteiger partial charge < -0.3 is 0 Å². The van der Waals surface area contributed by atoms with Crippen molar-refractivity contribution in [3.8, 4) is 0 Å². The highest BCUT2D eigenvalue weighted by Crippen LogP contribution is 2.02. The predicted molar refractivity (Wildman–Crippen MR) is 31.2 cm³/mol. The molecule has 0 fully saturated rings. The summed E-state index contributed by atoms with van der Waals surface area (Å²) in [7, 11) is 0. The van der Waals surface area contributed by atoms with Crippen LogP contribution in [0.2, 0.25) is 0 Å². The van der Waals surface area contributed by atoms with Gasteiger partial charge in [0.25, 0.3) is 0 Å². The Morgan fingerprint density at radius 1 is 1.86 bits per heavy atom. The molecule has 0 aliphatic heterocycles. The highest BCUT2D eigenvalue weighted by molar-refractivity contribution is 7.09. The fourth-order valence-corrected chi connectivity index (χ4v) is 0.895. The molecular formula is C5H6NS. The molecule has 0 unspecified atom stereocenters. The number of thiazole rings is 1. The van der Waals surface area contributed by atoms with E-state index in [1.54, 1.807) is 17.5 Å². The summed E-state index contributed by atoms with van der Waals surface area (Å²) < 4.78 is 0. The van der Waals surface area contributed by atoms with E-state index in [2.05, 4.69) is 11.9 Å². The SMILES string of the molecule is [CH2]Cc1nccs1. The van der Waals surface area contributed by atoms with Crippen LogP contribution >= 0.6 is 11.3 Å². The molecule has 0 amide bonds. The molecule has 1 rings (SSSR count). The zero-order chi connectivity index (χ0) is 5.11. The maximum Gasteiger partial charge on any atom is 0.0924 e. The van der Waals surface area contributed by atoms with Crippen LogP contribution in [0.15, 0.2) is 11.6 Å². The van der Waals surface area contributed by atoms with Gasteiger partial charge in [0, 0.05) is 11.6 Å². The van der Waals surface area contributed by atoms with Gasteiger partial charge in [-0.1, -0.05) is 0 Å². The number of hydrogen-bond acceptors (Lipinski definition) is 2. The Bertz CT molecular complexity index is 123. The molecule has 1 aromatic rings. The average Bonchev–Trinajstić information content (AvgIpc) is 2.14. The number of hydrogen-bond donors (Lipinski definition) is 0. The van der Waals surface area contributed by atoms with Crippen LogP contribution in [0.4, 0.5) is 0 Å². The monoisotopic (exact) mass is 112 g/mol. The number of rotatable bonds is 1. The molecule has 1 aromatic heterocycles. The first-order valence-corrected chi connectivity index (χ1v) is 2.99. The van der Waals surface area contributed by atoms with E-state index in [1.165, 1.54) is 0 Å². The fourth-order valence-electron chi connectivity index (χ4n) is 0.376. The molecule has 1 heterocycles. The molecule has 0 spiro atoms. The van der Waals surface area contributed by atoms with Crippen LogP contribution in [0.1, 0.15) is 5.01 Å². The molecule has 0 saturated carbocycles. The highest BCUT2D eigenvalue weighted by atomic mass is 32.1. The van der Waals surface area contributed by atoms with Crippen molar-refractivity contribution in [3.05, 3.63) is 23.5 Å². The van der Waals surface area contributed by atoms with Gasteiger partial charge in [-0.05, 0) is 13.3 Å². The van der Waals surface area contributed by atoms with E-state index in [0.29, 0.717) is 0 Å². The van der Waals surface area contributed by atoms with Crippen LogP contribution < -0.4 is 0 Å². The summed E-state index contributed by atoms with van der Waals surface area (Å²) in [4.78, 5) is 3.99. The average molecular weight is 112 g/mol. The highest BCUT2D eigenvalue weighted by Gasteiger charge is 1.84. The van der Waals surface area contributed by atoms with Gasteiger partial charge in [0.05, 0.1) is 5.01 Å². The lowest BCUT2D eigenvalue weighted by Gasteiger charge is -1.76. The maximum absolute atomic E-state index is 3.99. The summed E-state index contributed by atoms with van der Waals surface area (Å²) in [6.45, 7) is 3.68. The summed E-state index contributed by atoms with van der Waals surface area (Å²) in [5.74, 6) is 0. The molecule has 0 bridgehead atoms. The molecule has 0 aliphatic carbocycles. The second-order valence-corrected chi connectivity index (χ2v) is 2.15. The minimum Gasteiger partial charge on any atom is -0.250 e. The first-order chi connectivity index (χ1) is 3.43.